The molecule has 0 unspecified atom stereocenters. The van der Waals surface area contributed by atoms with Gasteiger partial charge in [0.15, 0.2) is 0 Å². The first kappa shape index (κ1) is 20.9. The number of hydrogen-bond donors (Lipinski definition) is 0. The third-order valence-electron chi connectivity index (χ3n) is 6.31. The Bertz CT molecular complexity index is 661. The Kier molecular flexibility index (Phi) is 6.79. The zero-order chi connectivity index (χ0) is 20.1. The predicted octanol–water partition coefficient (Wildman–Crippen LogP) is 4.17. The molecule has 1 aromatic carbocycles. The van der Waals surface area contributed by atoms with Crippen LogP contribution in [0.15, 0.2) is 24.3 Å². The van der Waals surface area contributed by atoms with Gasteiger partial charge in [0, 0.05) is 38.5 Å². The van der Waals surface area contributed by atoms with Crippen LogP contribution in [0.3, 0.4) is 0 Å². The average Bonchev–Trinajstić information content (AvgIpc) is 2.72. The van der Waals surface area contributed by atoms with E-state index in [9.17, 15) is 9.59 Å². The molecule has 2 saturated heterocycles. The molecule has 0 spiro atoms. The van der Waals surface area contributed by atoms with Crippen LogP contribution >= 0.6 is 0 Å². The minimum atomic E-state index is 0.118. The van der Waals surface area contributed by atoms with Gasteiger partial charge < -0.3 is 9.80 Å². The summed E-state index contributed by atoms with van der Waals surface area (Å²) in [5.41, 5.74) is 2.70. The van der Waals surface area contributed by atoms with Gasteiger partial charge >= 0.3 is 0 Å². The Morgan fingerprint density at radius 3 is 2.07 bits per heavy atom. The molecule has 154 valence electrons. The molecule has 0 aliphatic carbocycles. The van der Waals surface area contributed by atoms with Crippen LogP contribution in [0.5, 0.6) is 0 Å². The molecule has 2 aliphatic rings. The highest BCUT2D eigenvalue weighted by Crippen LogP contribution is 2.24. The molecule has 0 radical (unpaired) electrons. The zero-order valence-corrected chi connectivity index (χ0v) is 17.9. The molecule has 2 heterocycles. The lowest BCUT2D eigenvalue weighted by atomic mass is 9.86. The Hall–Kier alpha value is -1.84. The molecule has 3 rings (SSSR count). The number of amides is 2. The van der Waals surface area contributed by atoms with Crippen molar-refractivity contribution in [3.63, 3.8) is 0 Å². The Balaban J connectivity index is 1.43. The number of aryl methyl sites for hydroxylation is 1. The summed E-state index contributed by atoms with van der Waals surface area (Å²) in [5.74, 6) is 0.668. The third-order valence-corrected chi connectivity index (χ3v) is 6.31. The number of benzene rings is 1. The van der Waals surface area contributed by atoms with Gasteiger partial charge in [0.1, 0.15) is 0 Å². The highest BCUT2D eigenvalue weighted by molar-refractivity contribution is 5.80. The van der Waals surface area contributed by atoms with Gasteiger partial charge in [-0.15, -0.1) is 0 Å². The molecular weight excluding hydrogens is 348 g/mol. The van der Waals surface area contributed by atoms with E-state index in [1.165, 1.54) is 17.5 Å². The Morgan fingerprint density at radius 1 is 0.893 bits per heavy atom. The quantitative estimate of drug-likeness (QED) is 0.782. The molecule has 0 aromatic heterocycles. The lowest BCUT2D eigenvalue weighted by Crippen LogP contribution is -2.45. The van der Waals surface area contributed by atoms with Gasteiger partial charge in [-0.3, -0.25) is 9.59 Å². The van der Waals surface area contributed by atoms with Crippen molar-refractivity contribution in [3.05, 3.63) is 35.4 Å². The van der Waals surface area contributed by atoms with Crippen LogP contribution in [-0.2, 0) is 21.4 Å². The van der Waals surface area contributed by atoms with Crippen molar-refractivity contribution in [1.82, 2.24) is 9.80 Å². The monoisotopic (exact) mass is 384 g/mol. The summed E-state index contributed by atoms with van der Waals surface area (Å²) in [7, 11) is 0. The van der Waals surface area contributed by atoms with E-state index >= 15 is 0 Å². The first-order valence-corrected chi connectivity index (χ1v) is 11.0. The van der Waals surface area contributed by atoms with Crippen LogP contribution < -0.4 is 0 Å². The maximum atomic E-state index is 12.7. The molecular formula is C24H36N2O2. The molecule has 28 heavy (non-hydrogen) atoms. The van der Waals surface area contributed by atoms with Crippen molar-refractivity contribution in [2.75, 3.05) is 26.2 Å². The largest absolute Gasteiger partial charge is 0.343 e. The van der Waals surface area contributed by atoms with Crippen LogP contribution in [0.1, 0.15) is 70.4 Å². The van der Waals surface area contributed by atoms with Crippen molar-refractivity contribution >= 4 is 11.8 Å². The van der Waals surface area contributed by atoms with Crippen LogP contribution in [0.4, 0.5) is 0 Å². The maximum absolute atomic E-state index is 12.7. The summed E-state index contributed by atoms with van der Waals surface area (Å²) in [6.45, 7) is 9.94. The summed E-state index contributed by atoms with van der Waals surface area (Å²) in [6, 6.07) is 8.66. The number of carbonyl (C=O) groups excluding carboxylic acids is 2. The Labute approximate surface area is 170 Å². The molecule has 2 fully saturated rings. The number of nitrogens with zero attached hydrogens (tertiary/aromatic N) is 2. The third kappa shape index (κ3) is 5.36. The molecule has 0 saturated carbocycles. The van der Waals surface area contributed by atoms with Crippen molar-refractivity contribution in [1.29, 1.82) is 0 Å². The molecule has 2 amide bonds. The van der Waals surface area contributed by atoms with Gasteiger partial charge in [-0.05, 0) is 55.1 Å². The van der Waals surface area contributed by atoms with Crippen LogP contribution in [0, 0.1) is 5.92 Å². The van der Waals surface area contributed by atoms with E-state index < -0.39 is 0 Å². The molecule has 0 N–H and O–H groups in total. The molecule has 2 aliphatic heterocycles. The maximum Gasteiger partial charge on any atom is 0.225 e. The van der Waals surface area contributed by atoms with E-state index in [0.29, 0.717) is 12.3 Å². The molecule has 0 atom stereocenters. The Morgan fingerprint density at radius 2 is 1.50 bits per heavy atom. The summed E-state index contributed by atoms with van der Waals surface area (Å²) < 4.78 is 0. The summed E-state index contributed by atoms with van der Waals surface area (Å²) in [4.78, 5) is 29.3. The van der Waals surface area contributed by atoms with Gasteiger partial charge in [-0.25, -0.2) is 0 Å². The van der Waals surface area contributed by atoms with Gasteiger partial charge in [-0.2, -0.15) is 0 Å². The lowest BCUT2D eigenvalue weighted by Gasteiger charge is -2.35. The first-order chi connectivity index (χ1) is 13.3. The smallest absolute Gasteiger partial charge is 0.225 e. The minimum Gasteiger partial charge on any atom is -0.343 e. The van der Waals surface area contributed by atoms with E-state index in [4.69, 9.17) is 0 Å². The van der Waals surface area contributed by atoms with E-state index in [2.05, 4.69) is 45.0 Å². The summed E-state index contributed by atoms with van der Waals surface area (Å²) in [5, 5.41) is 0. The topological polar surface area (TPSA) is 40.6 Å². The second-order valence-electron chi connectivity index (χ2n) is 9.49. The van der Waals surface area contributed by atoms with Crippen LogP contribution in [0.2, 0.25) is 0 Å². The number of likely N-dealkylation sites (tertiary alicyclic amines) is 2. The van der Waals surface area contributed by atoms with E-state index in [-0.39, 0.29) is 17.2 Å². The van der Waals surface area contributed by atoms with Gasteiger partial charge in [0.2, 0.25) is 11.8 Å². The second-order valence-corrected chi connectivity index (χ2v) is 9.49. The SMILES string of the molecule is CC(C)(C)c1ccc(CCC(=O)N2CCC(C(=O)N3CCCCC3)CC2)cc1. The fourth-order valence-corrected chi connectivity index (χ4v) is 4.33. The highest BCUT2D eigenvalue weighted by Gasteiger charge is 2.30. The predicted molar refractivity (Wildman–Crippen MR) is 113 cm³/mol. The average molecular weight is 385 g/mol. The molecule has 4 heteroatoms. The van der Waals surface area contributed by atoms with E-state index in [1.54, 1.807) is 0 Å². The number of hydrogen-bond acceptors (Lipinski definition) is 2. The fourth-order valence-electron chi connectivity index (χ4n) is 4.33. The van der Waals surface area contributed by atoms with Crippen molar-refractivity contribution in [3.8, 4) is 0 Å². The first-order valence-electron chi connectivity index (χ1n) is 11.0. The minimum absolute atomic E-state index is 0.118. The fraction of sp³-hybridized carbons (Fsp3) is 0.667. The molecule has 1 aromatic rings. The second kappa shape index (κ2) is 9.11. The van der Waals surface area contributed by atoms with Gasteiger partial charge in [0.25, 0.3) is 0 Å². The van der Waals surface area contributed by atoms with Gasteiger partial charge in [0.05, 0.1) is 0 Å². The zero-order valence-electron chi connectivity index (χ0n) is 17.9. The number of piperidine rings is 2. The normalized spacial score (nSPS) is 19.0. The van der Waals surface area contributed by atoms with Crippen molar-refractivity contribution in [2.24, 2.45) is 5.92 Å². The van der Waals surface area contributed by atoms with E-state index in [0.717, 1.165) is 58.3 Å². The standard InChI is InChI=1S/C24H36N2O2/c1-24(2,3)21-10-7-19(8-11-21)9-12-22(27)25-17-13-20(14-18-25)23(28)26-15-5-4-6-16-26/h7-8,10-11,20H,4-6,9,12-18H2,1-3H3. The van der Waals surface area contributed by atoms with Crippen molar-refractivity contribution < 1.29 is 9.59 Å². The van der Waals surface area contributed by atoms with Gasteiger partial charge in [-0.1, -0.05) is 45.0 Å². The lowest BCUT2D eigenvalue weighted by molar-refractivity contribution is -0.141. The van der Waals surface area contributed by atoms with E-state index in [1.807, 2.05) is 9.80 Å². The highest BCUT2D eigenvalue weighted by atomic mass is 16.2. The summed E-state index contributed by atoms with van der Waals surface area (Å²) in [6.07, 6.45) is 6.51. The van der Waals surface area contributed by atoms with Crippen LogP contribution in [-0.4, -0.2) is 47.8 Å². The molecule has 4 nitrogen and oxygen atoms in total. The number of rotatable bonds is 4. The molecule has 0 bridgehead atoms. The number of carbonyl (C=O) groups is 2. The van der Waals surface area contributed by atoms with Crippen LogP contribution in [0.25, 0.3) is 0 Å². The van der Waals surface area contributed by atoms with Crippen molar-refractivity contribution in [2.45, 2.75) is 71.1 Å². The summed E-state index contributed by atoms with van der Waals surface area (Å²) >= 11 is 0.